The lowest BCUT2D eigenvalue weighted by atomic mass is 10.1. The van der Waals surface area contributed by atoms with E-state index in [1.54, 1.807) is 13.8 Å². The predicted molar refractivity (Wildman–Crippen MR) is 43.5 cm³/mol. The van der Waals surface area contributed by atoms with Crippen molar-refractivity contribution in [3.63, 3.8) is 0 Å². The molecular weight excluding hydrogens is 159 g/mol. The van der Waals surface area contributed by atoms with Gasteiger partial charge < -0.3 is 0 Å². The summed E-state index contributed by atoms with van der Waals surface area (Å²) in [6.07, 6.45) is 1.33. The molecule has 0 N–H and O–H groups in total. The van der Waals surface area contributed by atoms with Gasteiger partial charge in [0, 0.05) is 7.05 Å². The van der Waals surface area contributed by atoms with Gasteiger partial charge >= 0.3 is 0 Å². The smallest absolute Gasteiger partial charge is 0.289 e. The van der Waals surface area contributed by atoms with Crippen LogP contribution in [-0.4, -0.2) is 9.55 Å². The molecule has 1 aromatic rings. The molecule has 0 fully saturated rings. The fourth-order valence-corrected chi connectivity index (χ4v) is 0.925. The molecule has 0 saturated heterocycles. The van der Waals surface area contributed by atoms with Crippen molar-refractivity contribution in [1.29, 1.82) is 0 Å². The molecule has 1 heterocycles. The van der Waals surface area contributed by atoms with Gasteiger partial charge in [0.2, 0.25) is 5.82 Å². The van der Waals surface area contributed by atoms with Gasteiger partial charge in [-0.3, -0.25) is 9.36 Å². The number of aromatic nitrogens is 2. The standard InChI is InChI=1S/C8H11FN2O/c1-5(2)7-6(9)8(12)11(3)4-10-7/h4-5H,1-3H3. The lowest BCUT2D eigenvalue weighted by Crippen LogP contribution is -2.23. The van der Waals surface area contributed by atoms with Crippen LogP contribution in [0.25, 0.3) is 0 Å². The molecular formula is C8H11FN2O. The van der Waals surface area contributed by atoms with Crippen LogP contribution in [0.5, 0.6) is 0 Å². The number of hydrogen-bond donors (Lipinski definition) is 0. The van der Waals surface area contributed by atoms with Crippen LogP contribution in [0.15, 0.2) is 11.1 Å². The minimum absolute atomic E-state index is 0.0566. The largest absolute Gasteiger partial charge is 0.300 e. The van der Waals surface area contributed by atoms with Gasteiger partial charge in [-0.1, -0.05) is 13.8 Å². The maximum Gasteiger partial charge on any atom is 0.289 e. The highest BCUT2D eigenvalue weighted by Crippen LogP contribution is 2.11. The van der Waals surface area contributed by atoms with Gasteiger partial charge in [-0.05, 0) is 5.92 Å². The topological polar surface area (TPSA) is 34.9 Å². The fraction of sp³-hybridized carbons (Fsp3) is 0.500. The van der Waals surface area contributed by atoms with Crippen LogP contribution in [-0.2, 0) is 7.05 Å². The van der Waals surface area contributed by atoms with E-state index >= 15 is 0 Å². The first kappa shape index (κ1) is 8.90. The van der Waals surface area contributed by atoms with Crippen molar-refractivity contribution in [3.05, 3.63) is 28.2 Å². The summed E-state index contributed by atoms with van der Waals surface area (Å²) in [5, 5.41) is 0. The first-order valence-electron chi connectivity index (χ1n) is 3.75. The average Bonchev–Trinajstić information content (AvgIpc) is 2.00. The van der Waals surface area contributed by atoms with E-state index in [0.29, 0.717) is 0 Å². The Morgan fingerprint density at radius 3 is 2.67 bits per heavy atom. The van der Waals surface area contributed by atoms with Crippen molar-refractivity contribution in [2.75, 3.05) is 0 Å². The van der Waals surface area contributed by atoms with Crippen LogP contribution in [0.1, 0.15) is 25.5 Å². The molecule has 0 aliphatic carbocycles. The van der Waals surface area contributed by atoms with E-state index in [0.717, 1.165) is 4.57 Å². The zero-order chi connectivity index (χ0) is 9.30. The molecule has 1 aromatic heterocycles. The zero-order valence-corrected chi connectivity index (χ0v) is 7.34. The lowest BCUT2D eigenvalue weighted by molar-refractivity contribution is 0.545. The molecule has 66 valence electrons. The Morgan fingerprint density at radius 2 is 2.17 bits per heavy atom. The summed E-state index contributed by atoms with van der Waals surface area (Å²) in [5.41, 5.74) is -0.383. The van der Waals surface area contributed by atoms with Crippen molar-refractivity contribution < 1.29 is 4.39 Å². The Labute approximate surface area is 69.9 Å². The monoisotopic (exact) mass is 170 g/mol. The van der Waals surface area contributed by atoms with Crippen LogP contribution in [0.4, 0.5) is 4.39 Å². The number of hydrogen-bond acceptors (Lipinski definition) is 2. The minimum atomic E-state index is -0.741. The maximum atomic E-state index is 13.1. The van der Waals surface area contributed by atoms with Gasteiger partial charge in [-0.2, -0.15) is 4.39 Å². The van der Waals surface area contributed by atoms with Gasteiger partial charge in [0.25, 0.3) is 5.56 Å². The first-order chi connectivity index (χ1) is 5.54. The Balaban J connectivity index is 3.37. The van der Waals surface area contributed by atoms with E-state index in [2.05, 4.69) is 4.98 Å². The van der Waals surface area contributed by atoms with Gasteiger partial charge in [-0.15, -0.1) is 0 Å². The van der Waals surface area contributed by atoms with Crippen LogP contribution < -0.4 is 5.56 Å². The molecule has 0 aromatic carbocycles. The quantitative estimate of drug-likeness (QED) is 0.631. The lowest BCUT2D eigenvalue weighted by Gasteiger charge is -2.05. The van der Waals surface area contributed by atoms with Crippen molar-refractivity contribution in [2.45, 2.75) is 19.8 Å². The van der Waals surface area contributed by atoms with Crippen LogP contribution in [0.3, 0.4) is 0 Å². The zero-order valence-electron chi connectivity index (χ0n) is 7.34. The minimum Gasteiger partial charge on any atom is -0.300 e. The molecule has 3 nitrogen and oxygen atoms in total. The molecule has 0 aliphatic heterocycles. The van der Waals surface area contributed by atoms with Gasteiger partial charge in [0.1, 0.15) is 0 Å². The van der Waals surface area contributed by atoms with Crippen molar-refractivity contribution >= 4 is 0 Å². The number of rotatable bonds is 1. The fourth-order valence-electron chi connectivity index (χ4n) is 0.925. The molecule has 0 atom stereocenters. The van der Waals surface area contributed by atoms with Gasteiger partial charge in [0.15, 0.2) is 0 Å². The third-order valence-corrected chi connectivity index (χ3v) is 1.65. The third kappa shape index (κ3) is 1.37. The molecule has 1 rings (SSSR count). The van der Waals surface area contributed by atoms with Gasteiger partial charge in [-0.25, -0.2) is 4.98 Å². The van der Waals surface area contributed by atoms with Crippen molar-refractivity contribution in [1.82, 2.24) is 9.55 Å². The van der Waals surface area contributed by atoms with Crippen LogP contribution in [0, 0.1) is 5.82 Å². The Bertz CT molecular complexity index is 343. The molecule has 0 amide bonds. The predicted octanol–water partition coefficient (Wildman–Crippen LogP) is 1.04. The number of aryl methyl sites for hydroxylation is 1. The molecule has 0 bridgehead atoms. The Hall–Kier alpha value is -1.19. The molecule has 4 heteroatoms. The molecule has 0 radical (unpaired) electrons. The average molecular weight is 170 g/mol. The normalized spacial score (nSPS) is 10.8. The highest BCUT2D eigenvalue weighted by molar-refractivity contribution is 5.07. The second kappa shape index (κ2) is 3.05. The first-order valence-corrected chi connectivity index (χ1v) is 3.75. The summed E-state index contributed by atoms with van der Waals surface area (Å²) in [6, 6.07) is 0. The van der Waals surface area contributed by atoms with Crippen LogP contribution in [0.2, 0.25) is 0 Å². The summed E-state index contributed by atoms with van der Waals surface area (Å²) in [7, 11) is 1.47. The Morgan fingerprint density at radius 1 is 1.58 bits per heavy atom. The molecule has 0 saturated carbocycles. The van der Waals surface area contributed by atoms with Gasteiger partial charge in [0.05, 0.1) is 12.0 Å². The van der Waals surface area contributed by atoms with Crippen molar-refractivity contribution in [2.24, 2.45) is 7.05 Å². The summed E-state index contributed by atoms with van der Waals surface area (Å²) >= 11 is 0. The highest BCUT2D eigenvalue weighted by Gasteiger charge is 2.12. The molecule has 0 aliphatic rings. The Kier molecular flexibility index (Phi) is 2.26. The number of halogens is 1. The second-order valence-electron chi connectivity index (χ2n) is 3.01. The third-order valence-electron chi connectivity index (χ3n) is 1.65. The van der Waals surface area contributed by atoms with E-state index in [9.17, 15) is 9.18 Å². The maximum absolute atomic E-state index is 13.1. The summed E-state index contributed by atoms with van der Waals surface area (Å²) in [6.45, 7) is 3.59. The van der Waals surface area contributed by atoms with E-state index in [4.69, 9.17) is 0 Å². The SMILES string of the molecule is CC(C)c1ncn(C)c(=O)c1F. The van der Waals surface area contributed by atoms with E-state index in [1.807, 2.05) is 0 Å². The van der Waals surface area contributed by atoms with Crippen molar-refractivity contribution in [3.8, 4) is 0 Å². The molecule has 0 unspecified atom stereocenters. The molecule has 12 heavy (non-hydrogen) atoms. The number of nitrogens with zero attached hydrogens (tertiary/aromatic N) is 2. The van der Waals surface area contributed by atoms with E-state index in [1.165, 1.54) is 13.4 Å². The molecule has 0 spiro atoms. The summed E-state index contributed by atoms with van der Waals surface area (Å²) < 4.78 is 14.2. The summed E-state index contributed by atoms with van der Waals surface area (Å²) in [5.74, 6) is -0.797. The second-order valence-corrected chi connectivity index (χ2v) is 3.01. The van der Waals surface area contributed by atoms with Crippen LogP contribution >= 0.6 is 0 Å². The van der Waals surface area contributed by atoms with E-state index in [-0.39, 0.29) is 11.6 Å². The highest BCUT2D eigenvalue weighted by atomic mass is 19.1. The van der Waals surface area contributed by atoms with E-state index < -0.39 is 11.4 Å². The summed E-state index contributed by atoms with van der Waals surface area (Å²) in [4.78, 5) is 14.9.